The zero-order valence-electron chi connectivity index (χ0n) is 9.46. The van der Waals surface area contributed by atoms with Crippen molar-refractivity contribution in [2.24, 2.45) is 0 Å². The number of aromatic nitrogens is 2. The van der Waals surface area contributed by atoms with E-state index in [1.807, 2.05) is 0 Å². The second-order valence-corrected chi connectivity index (χ2v) is 3.55. The van der Waals surface area contributed by atoms with Gasteiger partial charge in [-0.25, -0.2) is 13.8 Å². The molecule has 1 N–H and O–H groups in total. The highest BCUT2D eigenvalue weighted by Gasteiger charge is 2.10. The van der Waals surface area contributed by atoms with Crippen LogP contribution in [-0.4, -0.2) is 14.9 Å². The van der Waals surface area contributed by atoms with Crippen LogP contribution in [0.15, 0.2) is 36.7 Å². The van der Waals surface area contributed by atoms with Gasteiger partial charge in [0, 0.05) is 24.1 Å². The van der Waals surface area contributed by atoms with E-state index >= 15 is 0 Å². The third-order valence-corrected chi connectivity index (χ3v) is 2.23. The Balaban J connectivity index is 2.23. The minimum atomic E-state index is -2.68. The Morgan fingerprint density at radius 1 is 1.21 bits per heavy atom. The lowest BCUT2D eigenvalue weighted by atomic mass is 10.3. The molecule has 0 aliphatic rings. The smallest absolute Gasteiger partial charge is 0.280 e. The fraction of sp³-hybridized carbons (Fsp3) is 0.0909. The van der Waals surface area contributed by atoms with Gasteiger partial charge < -0.3 is 5.32 Å². The lowest BCUT2D eigenvalue weighted by molar-refractivity contribution is -0.384. The predicted molar refractivity (Wildman–Crippen MR) is 63.4 cm³/mol. The molecule has 2 heterocycles. The van der Waals surface area contributed by atoms with Crippen LogP contribution in [0, 0.1) is 10.1 Å². The van der Waals surface area contributed by atoms with Crippen LogP contribution in [0.2, 0.25) is 0 Å². The van der Waals surface area contributed by atoms with Crippen molar-refractivity contribution < 1.29 is 13.7 Å². The Labute approximate surface area is 106 Å². The Morgan fingerprint density at radius 3 is 2.63 bits per heavy atom. The second-order valence-electron chi connectivity index (χ2n) is 3.55. The quantitative estimate of drug-likeness (QED) is 0.679. The molecule has 19 heavy (non-hydrogen) atoms. The fourth-order valence-corrected chi connectivity index (χ4v) is 1.39. The van der Waals surface area contributed by atoms with E-state index in [-0.39, 0.29) is 17.2 Å². The summed E-state index contributed by atoms with van der Waals surface area (Å²) in [6.07, 6.45) is -0.198. The average molecular weight is 266 g/mol. The number of hydrogen-bond acceptors (Lipinski definition) is 5. The van der Waals surface area contributed by atoms with E-state index in [1.54, 1.807) is 0 Å². The average Bonchev–Trinajstić information content (AvgIpc) is 2.39. The Bertz CT molecular complexity index is 607. The number of anilines is 2. The first-order valence-corrected chi connectivity index (χ1v) is 5.18. The molecule has 0 atom stereocenters. The SMILES string of the molecule is O=[N+]([O-])c1ccnc(Nc2ccnc(C(F)F)c2)c1. The van der Waals surface area contributed by atoms with Gasteiger partial charge in [-0.3, -0.25) is 15.1 Å². The first kappa shape index (κ1) is 12.8. The predicted octanol–water partition coefficient (Wildman–Crippen LogP) is 3.07. The summed E-state index contributed by atoms with van der Waals surface area (Å²) in [4.78, 5) is 17.4. The lowest BCUT2D eigenvalue weighted by Crippen LogP contribution is -1.97. The van der Waals surface area contributed by atoms with E-state index in [0.29, 0.717) is 5.69 Å². The molecule has 2 aromatic heterocycles. The van der Waals surface area contributed by atoms with Crippen molar-refractivity contribution in [1.82, 2.24) is 9.97 Å². The monoisotopic (exact) mass is 266 g/mol. The molecule has 0 spiro atoms. The van der Waals surface area contributed by atoms with Crippen molar-refractivity contribution in [3.63, 3.8) is 0 Å². The fourth-order valence-electron chi connectivity index (χ4n) is 1.39. The molecule has 0 saturated heterocycles. The zero-order valence-corrected chi connectivity index (χ0v) is 9.46. The van der Waals surface area contributed by atoms with Crippen LogP contribution in [0.5, 0.6) is 0 Å². The van der Waals surface area contributed by atoms with E-state index in [9.17, 15) is 18.9 Å². The van der Waals surface area contributed by atoms with Crippen LogP contribution >= 0.6 is 0 Å². The highest BCUT2D eigenvalue weighted by atomic mass is 19.3. The van der Waals surface area contributed by atoms with Crippen LogP contribution in [0.1, 0.15) is 12.1 Å². The Hall–Kier alpha value is -2.64. The molecule has 0 bridgehead atoms. The number of rotatable bonds is 4. The normalized spacial score (nSPS) is 10.5. The van der Waals surface area contributed by atoms with Gasteiger partial charge in [0.2, 0.25) is 0 Å². The van der Waals surface area contributed by atoms with Gasteiger partial charge in [-0.05, 0) is 12.1 Å². The van der Waals surface area contributed by atoms with Crippen LogP contribution in [-0.2, 0) is 0 Å². The maximum absolute atomic E-state index is 12.5. The molecule has 0 unspecified atom stereocenters. The third kappa shape index (κ3) is 3.18. The van der Waals surface area contributed by atoms with E-state index < -0.39 is 11.3 Å². The van der Waals surface area contributed by atoms with E-state index in [0.717, 1.165) is 6.07 Å². The highest BCUT2D eigenvalue weighted by molar-refractivity contribution is 5.58. The van der Waals surface area contributed by atoms with Crippen molar-refractivity contribution in [2.75, 3.05) is 5.32 Å². The molecule has 0 saturated carbocycles. The Kier molecular flexibility index (Phi) is 3.60. The molecular weight excluding hydrogens is 258 g/mol. The number of pyridine rings is 2. The van der Waals surface area contributed by atoms with Crippen molar-refractivity contribution in [3.05, 3.63) is 52.5 Å². The summed E-state index contributed by atoms with van der Waals surface area (Å²) in [6.45, 7) is 0. The number of halogens is 2. The van der Waals surface area contributed by atoms with Gasteiger partial charge in [-0.15, -0.1) is 0 Å². The third-order valence-electron chi connectivity index (χ3n) is 2.23. The van der Waals surface area contributed by atoms with Crippen LogP contribution < -0.4 is 5.32 Å². The number of nitrogens with zero attached hydrogens (tertiary/aromatic N) is 3. The van der Waals surface area contributed by atoms with Crippen molar-refractivity contribution in [1.29, 1.82) is 0 Å². The molecule has 2 rings (SSSR count). The standard InChI is InChI=1S/C11H8F2N4O2/c12-11(13)9-5-7(1-3-14-9)16-10-6-8(17(18)19)2-4-15-10/h1-6,11H,(H,14,15,16). The summed E-state index contributed by atoms with van der Waals surface area (Å²) >= 11 is 0. The van der Waals surface area contributed by atoms with Crippen LogP contribution in [0.3, 0.4) is 0 Å². The van der Waals surface area contributed by atoms with E-state index in [1.165, 1.54) is 30.6 Å². The maximum Gasteiger partial charge on any atom is 0.280 e. The summed E-state index contributed by atoms with van der Waals surface area (Å²) in [6, 6.07) is 5.07. The molecule has 0 aliphatic carbocycles. The molecule has 6 nitrogen and oxygen atoms in total. The molecule has 2 aromatic rings. The molecule has 0 amide bonds. The van der Waals surface area contributed by atoms with E-state index in [4.69, 9.17) is 0 Å². The van der Waals surface area contributed by atoms with Crippen LogP contribution in [0.4, 0.5) is 26.0 Å². The molecule has 0 aliphatic heterocycles. The van der Waals surface area contributed by atoms with Gasteiger partial charge in [0.25, 0.3) is 12.1 Å². The maximum atomic E-state index is 12.5. The van der Waals surface area contributed by atoms with E-state index in [2.05, 4.69) is 15.3 Å². The number of nitrogens with one attached hydrogen (secondary N) is 1. The van der Waals surface area contributed by atoms with Gasteiger partial charge in [-0.2, -0.15) is 0 Å². The van der Waals surface area contributed by atoms with Gasteiger partial charge in [0.1, 0.15) is 11.5 Å². The minimum absolute atomic E-state index is 0.138. The Morgan fingerprint density at radius 2 is 1.95 bits per heavy atom. The first-order valence-electron chi connectivity index (χ1n) is 5.18. The molecule has 98 valence electrons. The highest BCUT2D eigenvalue weighted by Crippen LogP contribution is 2.22. The first-order chi connectivity index (χ1) is 9.06. The molecular formula is C11H8F2N4O2. The zero-order chi connectivity index (χ0) is 13.8. The largest absolute Gasteiger partial charge is 0.340 e. The van der Waals surface area contributed by atoms with Gasteiger partial charge in [-0.1, -0.05) is 0 Å². The molecule has 0 aromatic carbocycles. The summed E-state index contributed by atoms with van der Waals surface area (Å²) in [5.74, 6) is 0.195. The minimum Gasteiger partial charge on any atom is -0.340 e. The summed E-state index contributed by atoms with van der Waals surface area (Å²) in [7, 11) is 0. The number of alkyl halides is 2. The topological polar surface area (TPSA) is 81.0 Å². The van der Waals surface area contributed by atoms with Gasteiger partial charge >= 0.3 is 0 Å². The summed E-state index contributed by atoms with van der Waals surface area (Å²) in [5, 5.41) is 13.3. The van der Waals surface area contributed by atoms with Crippen molar-refractivity contribution in [3.8, 4) is 0 Å². The lowest BCUT2D eigenvalue weighted by Gasteiger charge is -2.06. The summed E-state index contributed by atoms with van der Waals surface area (Å²) in [5.41, 5.74) is -0.186. The summed E-state index contributed by atoms with van der Waals surface area (Å²) < 4.78 is 24.9. The number of hydrogen-bond donors (Lipinski definition) is 1. The van der Waals surface area contributed by atoms with Crippen molar-refractivity contribution in [2.45, 2.75) is 6.43 Å². The molecule has 0 radical (unpaired) electrons. The molecule has 8 heteroatoms. The second kappa shape index (κ2) is 5.34. The van der Waals surface area contributed by atoms with Crippen molar-refractivity contribution >= 4 is 17.2 Å². The molecule has 0 fully saturated rings. The number of nitro groups is 1. The van der Waals surface area contributed by atoms with Gasteiger partial charge in [0.15, 0.2) is 0 Å². The van der Waals surface area contributed by atoms with Crippen LogP contribution in [0.25, 0.3) is 0 Å². The van der Waals surface area contributed by atoms with Gasteiger partial charge in [0.05, 0.1) is 11.0 Å².